The summed E-state index contributed by atoms with van der Waals surface area (Å²) in [6.07, 6.45) is 0.293. The third-order valence-corrected chi connectivity index (χ3v) is 5.46. The van der Waals surface area contributed by atoms with Crippen molar-refractivity contribution in [3.63, 3.8) is 0 Å². The van der Waals surface area contributed by atoms with Gasteiger partial charge in [0.1, 0.15) is 5.75 Å². The minimum absolute atomic E-state index is 0.0881. The third kappa shape index (κ3) is 5.51. The van der Waals surface area contributed by atoms with Crippen molar-refractivity contribution in [2.24, 2.45) is 0 Å². The number of methoxy groups -OCH3 is 2. The fourth-order valence-corrected chi connectivity index (χ4v) is 3.31. The molecule has 0 fully saturated rings. The first-order chi connectivity index (χ1) is 16.1. The molecular weight excluding hydrogens is 481 g/mol. The lowest BCUT2D eigenvalue weighted by atomic mass is 10.2. The lowest BCUT2D eigenvalue weighted by Gasteiger charge is -2.19. The van der Waals surface area contributed by atoms with Crippen LogP contribution in [-0.2, 0) is 10.0 Å². The minimum Gasteiger partial charge on any atom is -0.497 e. The fraction of sp³-hybridized carbons (Fsp3) is 0.300. The number of nitrogens with zero attached hydrogens (tertiary/aromatic N) is 2. The van der Waals surface area contributed by atoms with Crippen molar-refractivity contribution in [2.45, 2.75) is 11.9 Å². The Kier molecular flexibility index (Phi) is 7.51. The van der Waals surface area contributed by atoms with Crippen molar-refractivity contribution in [1.29, 1.82) is 0 Å². The Hall–Kier alpha value is -3.52. The molecule has 0 saturated carbocycles. The van der Waals surface area contributed by atoms with Crippen LogP contribution in [0.15, 0.2) is 36.4 Å². The average molecular weight is 502 g/mol. The summed E-state index contributed by atoms with van der Waals surface area (Å²) in [5, 5.41) is 11.8. The molecule has 0 aliphatic carbocycles. The van der Waals surface area contributed by atoms with Crippen LogP contribution in [0.25, 0.3) is 11.0 Å². The number of aliphatic hydroxyl groups is 1. The number of rotatable bonds is 10. The Labute approximate surface area is 192 Å². The van der Waals surface area contributed by atoms with Crippen LogP contribution in [0, 0.1) is 0 Å². The van der Waals surface area contributed by atoms with E-state index in [0.29, 0.717) is 12.2 Å². The van der Waals surface area contributed by atoms with Gasteiger partial charge in [-0.05, 0) is 12.1 Å². The molecule has 3 rings (SSSR count). The number of fused-ring (bicyclic) bond motifs is 1. The normalized spacial score (nSPS) is 11.8. The first-order valence-corrected chi connectivity index (χ1v) is 11.2. The van der Waals surface area contributed by atoms with Crippen LogP contribution in [0.2, 0.25) is 0 Å². The van der Waals surface area contributed by atoms with Gasteiger partial charge < -0.3 is 24.6 Å². The molecule has 0 unspecified atom stereocenters. The molecule has 2 aromatic carbocycles. The predicted molar refractivity (Wildman–Crippen MR) is 118 cm³/mol. The highest BCUT2D eigenvalue weighted by atomic mass is 32.2. The van der Waals surface area contributed by atoms with Crippen molar-refractivity contribution < 1.29 is 40.9 Å². The van der Waals surface area contributed by atoms with Crippen molar-refractivity contribution in [3.05, 3.63) is 36.4 Å². The second-order valence-electron chi connectivity index (χ2n) is 6.72. The number of nitrogens with one attached hydrogen (secondary N) is 2. The van der Waals surface area contributed by atoms with E-state index >= 15 is 0 Å². The van der Waals surface area contributed by atoms with Crippen LogP contribution < -0.4 is 24.2 Å². The number of alkyl halides is 3. The Morgan fingerprint density at radius 1 is 1.03 bits per heavy atom. The van der Waals surface area contributed by atoms with Gasteiger partial charge in [0.25, 0.3) is 0 Å². The van der Waals surface area contributed by atoms with E-state index in [1.807, 2.05) is 0 Å². The maximum absolute atomic E-state index is 13.0. The summed E-state index contributed by atoms with van der Waals surface area (Å²) < 4.78 is 80.3. The molecule has 1 heterocycles. The topological polar surface area (TPSA) is 132 Å². The molecule has 14 heteroatoms. The number of hydrogen-bond acceptors (Lipinski definition) is 9. The number of aliphatic hydroxyl groups excluding tert-OH is 1. The molecule has 184 valence electrons. The molecule has 0 aliphatic rings. The molecule has 34 heavy (non-hydrogen) atoms. The van der Waals surface area contributed by atoms with Gasteiger partial charge in [-0.3, -0.25) is 4.72 Å². The third-order valence-electron chi connectivity index (χ3n) is 4.39. The van der Waals surface area contributed by atoms with Gasteiger partial charge in [0, 0.05) is 25.2 Å². The van der Waals surface area contributed by atoms with Gasteiger partial charge in [-0.1, -0.05) is 12.1 Å². The zero-order chi connectivity index (χ0) is 24.9. The average Bonchev–Trinajstić information content (AvgIpc) is 2.79. The number of aromatic nitrogens is 2. The monoisotopic (exact) mass is 502 g/mol. The quantitative estimate of drug-likeness (QED) is 0.357. The molecule has 3 N–H and O–H groups in total. The fourth-order valence-electron chi connectivity index (χ4n) is 2.80. The summed E-state index contributed by atoms with van der Waals surface area (Å²) in [6.45, 7) is -0.0500. The first kappa shape index (κ1) is 25.1. The summed E-state index contributed by atoms with van der Waals surface area (Å²) in [5.41, 5.74) is -4.98. The van der Waals surface area contributed by atoms with E-state index in [1.165, 1.54) is 37.1 Å². The summed E-state index contributed by atoms with van der Waals surface area (Å²) in [4.78, 5) is 8.25. The molecule has 0 saturated heterocycles. The van der Waals surface area contributed by atoms with Crippen LogP contribution in [0.1, 0.15) is 6.42 Å². The van der Waals surface area contributed by atoms with Crippen LogP contribution in [0.4, 0.5) is 30.5 Å². The number of para-hydroxylation sites is 2. The van der Waals surface area contributed by atoms with E-state index in [9.17, 15) is 21.6 Å². The number of sulfonamides is 1. The molecule has 10 nitrogen and oxygen atoms in total. The molecule has 0 amide bonds. The van der Waals surface area contributed by atoms with Crippen LogP contribution in [0.3, 0.4) is 0 Å². The molecule has 3 aromatic rings. The molecule has 0 spiro atoms. The Morgan fingerprint density at radius 2 is 1.68 bits per heavy atom. The lowest BCUT2D eigenvalue weighted by Crippen LogP contribution is -2.30. The number of benzene rings is 2. The number of ether oxygens (including phenoxy) is 3. The second-order valence-corrected chi connectivity index (χ2v) is 8.39. The van der Waals surface area contributed by atoms with Gasteiger partial charge in [-0.25, -0.2) is 9.97 Å². The molecule has 0 aliphatic heterocycles. The van der Waals surface area contributed by atoms with Gasteiger partial charge in [0.05, 0.1) is 37.5 Å². The van der Waals surface area contributed by atoms with Crippen molar-refractivity contribution in [3.8, 4) is 17.2 Å². The highest BCUT2D eigenvalue weighted by Crippen LogP contribution is 2.42. The number of halogens is 3. The smallest absolute Gasteiger partial charge is 0.497 e. The lowest BCUT2D eigenvalue weighted by molar-refractivity contribution is -0.0429. The van der Waals surface area contributed by atoms with Crippen molar-refractivity contribution in [2.75, 3.05) is 37.5 Å². The summed E-state index contributed by atoms with van der Waals surface area (Å²) >= 11 is 0. The molecule has 1 aromatic heterocycles. The predicted octanol–water partition coefficient (Wildman–Crippen LogP) is 3.41. The van der Waals surface area contributed by atoms with Crippen LogP contribution in [0.5, 0.6) is 17.2 Å². The maximum atomic E-state index is 13.0. The van der Waals surface area contributed by atoms with E-state index < -0.39 is 21.3 Å². The Bertz CT molecular complexity index is 1270. The number of anilines is 3. The zero-order valence-electron chi connectivity index (χ0n) is 18.0. The highest BCUT2D eigenvalue weighted by Gasteiger charge is 2.46. The zero-order valence-corrected chi connectivity index (χ0v) is 18.8. The van der Waals surface area contributed by atoms with Crippen molar-refractivity contribution >= 4 is 38.4 Å². The number of hydrogen-bond donors (Lipinski definition) is 3. The van der Waals surface area contributed by atoms with E-state index in [2.05, 4.69) is 15.3 Å². The van der Waals surface area contributed by atoms with Gasteiger partial charge >= 0.3 is 15.5 Å². The Balaban J connectivity index is 2.15. The largest absolute Gasteiger partial charge is 0.516 e. The van der Waals surface area contributed by atoms with E-state index in [1.54, 1.807) is 18.2 Å². The minimum atomic E-state index is -5.79. The van der Waals surface area contributed by atoms with Gasteiger partial charge in [-0.2, -0.15) is 21.6 Å². The van der Waals surface area contributed by atoms with E-state index in [-0.39, 0.29) is 47.3 Å². The van der Waals surface area contributed by atoms with Gasteiger partial charge in [-0.15, -0.1) is 0 Å². The maximum Gasteiger partial charge on any atom is 0.516 e. The SMILES string of the molecule is COc1cc(Nc2nc3ccccc3nc2NS(=O)(=O)C(F)(F)F)c(OCCCO)c(OC)c1. The van der Waals surface area contributed by atoms with Crippen LogP contribution >= 0.6 is 0 Å². The van der Waals surface area contributed by atoms with Crippen molar-refractivity contribution in [1.82, 2.24) is 9.97 Å². The van der Waals surface area contributed by atoms with E-state index in [0.717, 1.165) is 0 Å². The summed E-state index contributed by atoms with van der Waals surface area (Å²) in [6, 6.07) is 9.20. The summed E-state index contributed by atoms with van der Waals surface area (Å²) in [7, 11) is -3.02. The van der Waals surface area contributed by atoms with E-state index in [4.69, 9.17) is 19.3 Å². The standard InChI is InChI=1S/C20H21F3N4O6S/c1-31-12-10-15(17(16(11-12)32-2)33-9-5-8-28)26-18-19(27-34(29,30)20(21,22)23)25-14-7-4-3-6-13(14)24-18/h3-4,6-7,10-11,28H,5,8-9H2,1-2H3,(H,24,26)(H,25,27). The van der Waals surface area contributed by atoms with Gasteiger partial charge in [0.15, 0.2) is 23.1 Å². The highest BCUT2D eigenvalue weighted by molar-refractivity contribution is 7.93. The molecule has 0 atom stereocenters. The molecule has 0 radical (unpaired) electrons. The first-order valence-electron chi connectivity index (χ1n) is 9.72. The van der Waals surface area contributed by atoms with Crippen LogP contribution in [-0.4, -0.2) is 56.4 Å². The molecule has 0 bridgehead atoms. The van der Waals surface area contributed by atoms with Gasteiger partial charge in [0.2, 0.25) is 0 Å². The second kappa shape index (κ2) is 10.2. The molecular formula is C20H21F3N4O6S. The summed E-state index contributed by atoms with van der Waals surface area (Å²) in [5.74, 6) is -0.352. The Morgan fingerprint density at radius 3 is 2.24 bits per heavy atom.